The van der Waals surface area contributed by atoms with Gasteiger partial charge in [-0.15, -0.1) is 0 Å². The van der Waals surface area contributed by atoms with E-state index in [0.29, 0.717) is 29.6 Å². The monoisotopic (exact) mass is 308 g/mol. The summed E-state index contributed by atoms with van der Waals surface area (Å²) in [6.07, 6.45) is 6.37. The first-order valence-electron chi connectivity index (χ1n) is 9.23. The van der Waals surface area contributed by atoms with Gasteiger partial charge in [-0.05, 0) is 80.5 Å². The van der Waals surface area contributed by atoms with Crippen LogP contribution in [0.3, 0.4) is 0 Å². The third-order valence-electron chi connectivity index (χ3n) is 8.34. The normalized spacial score (nSPS) is 57.9. The molecule has 0 aromatic rings. The summed E-state index contributed by atoms with van der Waals surface area (Å²) in [6, 6.07) is 0. The molecular formula is C19H29FO2. The maximum Gasteiger partial charge on any atom is 0.173 e. The van der Waals surface area contributed by atoms with Gasteiger partial charge >= 0.3 is 0 Å². The van der Waals surface area contributed by atoms with Gasteiger partial charge in [0.25, 0.3) is 0 Å². The lowest BCUT2D eigenvalue weighted by Crippen LogP contribution is -2.54. The van der Waals surface area contributed by atoms with Crippen LogP contribution < -0.4 is 0 Å². The van der Waals surface area contributed by atoms with Gasteiger partial charge in [-0.1, -0.05) is 13.8 Å². The van der Waals surface area contributed by atoms with Gasteiger partial charge in [0.1, 0.15) is 0 Å². The molecule has 4 aliphatic carbocycles. The molecule has 0 aromatic heterocycles. The van der Waals surface area contributed by atoms with Gasteiger partial charge in [0, 0.05) is 5.41 Å². The van der Waals surface area contributed by atoms with Crippen LogP contribution in [0.2, 0.25) is 0 Å². The number of aliphatic hydroxyl groups excluding tert-OH is 1. The van der Waals surface area contributed by atoms with Crippen molar-refractivity contribution in [2.75, 3.05) is 0 Å². The van der Waals surface area contributed by atoms with Crippen molar-refractivity contribution in [1.29, 1.82) is 0 Å². The van der Waals surface area contributed by atoms with Crippen LogP contribution in [0, 0.1) is 34.5 Å². The van der Waals surface area contributed by atoms with Crippen molar-refractivity contribution < 1.29 is 14.3 Å². The van der Waals surface area contributed by atoms with Crippen LogP contribution in [0.15, 0.2) is 0 Å². The fourth-order valence-corrected chi connectivity index (χ4v) is 6.98. The van der Waals surface area contributed by atoms with E-state index in [1.165, 1.54) is 0 Å². The second kappa shape index (κ2) is 4.78. The zero-order chi connectivity index (χ0) is 15.7. The van der Waals surface area contributed by atoms with Crippen LogP contribution in [0.1, 0.15) is 65.2 Å². The van der Waals surface area contributed by atoms with Crippen molar-refractivity contribution >= 4 is 5.78 Å². The molecule has 0 aliphatic heterocycles. The number of rotatable bonds is 0. The lowest BCUT2D eigenvalue weighted by atomic mass is 9.45. The molecule has 0 aromatic carbocycles. The molecule has 0 spiro atoms. The molecule has 4 rings (SSSR count). The smallest absolute Gasteiger partial charge is 0.173 e. The Morgan fingerprint density at radius 1 is 1.05 bits per heavy atom. The number of aliphatic hydroxyl groups is 1. The van der Waals surface area contributed by atoms with E-state index in [2.05, 4.69) is 6.92 Å². The molecule has 8 atom stereocenters. The summed E-state index contributed by atoms with van der Waals surface area (Å²) >= 11 is 0. The lowest BCUT2D eigenvalue weighted by molar-refractivity contribution is -0.143. The summed E-state index contributed by atoms with van der Waals surface area (Å²) in [5.41, 5.74) is -0.0844. The second-order valence-corrected chi connectivity index (χ2v) is 9.11. The lowest BCUT2D eigenvalue weighted by Gasteiger charge is -2.59. The molecule has 4 saturated carbocycles. The van der Waals surface area contributed by atoms with Gasteiger partial charge in [0.15, 0.2) is 12.0 Å². The van der Waals surface area contributed by atoms with Crippen LogP contribution in [0.5, 0.6) is 0 Å². The first-order chi connectivity index (χ1) is 10.4. The van der Waals surface area contributed by atoms with Crippen LogP contribution in [0.4, 0.5) is 4.39 Å². The number of hydrogen-bond acceptors (Lipinski definition) is 2. The van der Waals surface area contributed by atoms with E-state index in [4.69, 9.17) is 0 Å². The van der Waals surface area contributed by atoms with Crippen LogP contribution in [0.25, 0.3) is 0 Å². The zero-order valence-electron chi connectivity index (χ0n) is 13.9. The largest absolute Gasteiger partial charge is 0.393 e. The van der Waals surface area contributed by atoms with Crippen molar-refractivity contribution in [2.45, 2.75) is 77.5 Å². The van der Waals surface area contributed by atoms with Gasteiger partial charge in [-0.2, -0.15) is 0 Å². The molecule has 3 unspecified atom stereocenters. The molecule has 0 heterocycles. The van der Waals surface area contributed by atoms with Crippen molar-refractivity contribution in [3.8, 4) is 0 Å². The van der Waals surface area contributed by atoms with Crippen molar-refractivity contribution in [3.05, 3.63) is 0 Å². The van der Waals surface area contributed by atoms with Crippen molar-refractivity contribution in [3.63, 3.8) is 0 Å². The molecule has 0 bridgehead atoms. The van der Waals surface area contributed by atoms with Gasteiger partial charge in [0.2, 0.25) is 0 Å². The minimum Gasteiger partial charge on any atom is -0.393 e. The standard InChI is InChI=1S/C19H29FO2/c1-18-7-5-12(21)9-11(18)3-4-13-14(18)6-8-19(2)15(13)10-16(20)17(19)22/h11-16,21H,3-10H2,1-2H3/t11?,12?,13-,14-,15+,16?,18+,19+/m1/s1. The summed E-state index contributed by atoms with van der Waals surface area (Å²) in [7, 11) is 0. The van der Waals surface area contributed by atoms with E-state index in [1.54, 1.807) is 0 Å². The molecular weight excluding hydrogens is 279 g/mol. The van der Waals surface area contributed by atoms with Gasteiger partial charge in [0.05, 0.1) is 6.10 Å². The minimum absolute atomic E-state index is 0.109. The summed E-state index contributed by atoms with van der Waals surface area (Å²) < 4.78 is 14.1. The topological polar surface area (TPSA) is 37.3 Å². The maximum atomic E-state index is 14.1. The Bertz CT molecular complexity index is 492. The van der Waals surface area contributed by atoms with E-state index in [9.17, 15) is 14.3 Å². The molecule has 124 valence electrons. The highest BCUT2D eigenvalue weighted by Gasteiger charge is 2.62. The molecule has 3 heteroatoms. The first kappa shape index (κ1) is 15.1. The summed E-state index contributed by atoms with van der Waals surface area (Å²) in [6.45, 7) is 4.46. The number of fused-ring (bicyclic) bond motifs is 5. The molecule has 2 nitrogen and oxygen atoms in total. The Morgan fingerprint density at radius 3 is 2.59 bits per heavy atom. The third kappa shape index (κ3) is 1.84. The molecule has 0 amide bonds. The predicted octanol–water partition coefficient (Wildman–Crippen LogP) is 3.91. The fraction of sp³-hybridized carbons (Fsp3) is 0.947. The zero-order valence-corrected chi connectivity index (χ0v) is 13.9. The number of halogens is 1. The predicted molar refractivity (Wildman–Crippen MR) is 83.0 cm³/mol. The Labute approximate surface area is 132 Å². The highest BCUT2D eigenvalue weighted by Crippen LogP contribution is 2.65. The van der Waals surface area contributed by atoms with E-state index in [1.807, 2.05) is 6.92 Å². The number of alkyl halides is 1. The fourth-order valence-electron chi connectivity index (χ4n) is 6.98. The maximum absolute atomic E-state index is 14.1. The molecule has 22 heavy (non-hydrogen) atoms. The first-order valence-corrected chi connectivity index (χ1v) is 9.23. The number of carbonyl (C=O) groups excluding carboxylic acids is 1. The van der Waals surface area contributed by atoms with E-state index < -0.39 is 11.6 Å². The number of hydrogen-bond donors (Lipinski definition) is 1. The SMILES string of the molecule is C[C@]12CCC(O)CC1CC[C@@H]1[C@H]2CC[C@]2(C)C(=O)C(F)C[C@@H]12. The Kier molecular flexibility index (Phi) is 3.28. The molecule has 4 aliphatic rings. The molecule has 4 fully saturated rings. The molecule has 0 saturated heterocycles. The van der Waals surface area contributed by atoms with Gasteiger partial charge in [-0.25, -0.2) is 4.39 Å². The summed E-state index contributed by atoms with van der Waals surface area (Å²) in [5, 5.41) is 10.0. The summed E-state index contributed by atoms with van der Waals surface area (Å²) in [5.74, 6) is 1.94. The quantitative estimate of drug-likeness (QED) is 0.737. The third-order valence-corrected chi connectivity index (χ3v) is 8.34. The van der Waals surface area contributed by atoms with Crippen LogP contribution >= 0.6 is 0 Å². The van der Waals surface area contributed by atoms with E-state index in [0.717, 1.165) is 44.9 Å². The van der Waals surface area contributed by atoms with E-state index in [-0.39, 0.29) is 17.8 Å². The minimum atomic E-state index is -1.22. The van der Waals surface area contributed by atoms with Gasteiger partial charge in [-0.3, -0.25) is 4.79 Å². The Balaban J connectivity index is 1.64. The Hall–Kier alpha value is -0.440. The van der Waals surface area contributed by atoms with E-state index >= 15 is 0 Å². The van der Waals surface area contributed by atoms with Crippen molar-refractivity contribution in [2.24, 2.45) is 34.5 Å². The molecule has 1 N–H and O–H groups in total. The highest BCUT2D eigenvalue weighted by atomic mass is 19.1. The average Bonchev–Trinajstić information content (AvgIpc) is 2.72. The van der Waals surface area contributed by atoms with Crippen LogP contribution in [-0.2, 0) is 4.79 Å². The second-order valence-electron chi connectivity index (χ2n) is 9.11. The number of ketones is 1. The Morgan fingerprint density at radius 2 is 1.82 bits per heavy atom. The summed E-state index contributed by atoms with van der Waals surface area (Å²) in [4.78, 5) is 12.3. The number of Topliss-reactive ketones (excluding diaryl/α,β-unsaturated/α-hetero) is 1. The highest BCUT2D eigenvalue weighted by molar-refractivity contribution is 5.91. The average molecular weight is 308 g/mol. The van der Waals surface area contributed by atoms with Crippen LogP contribution in [-0.4, -0.2) is 23.2 Å². The van der Waals surface area contributed by atoms with Crippen molar-refractivity contribution in [1.82, 2.24) is 0 Å². The molecule has 0 radical (unpaired) electrons. The number of carbonyl (C=O) groups is 1. The van der Waals surface area contributed by atoms with Gasteiger partial charge < -0.3 is 5.11 Å².